The number of benzene rings is 2. The van der Waals surface area contributed by atoms with E-state index in [2.05, 4.69) is 0 Å². The van der Waals surface area contributed by atoms with Gasteiger partial charge in [0.1, 0.15) is 5.75 Å². The van der Waals surface area contributed by atoms with Gasteiger partial charge in [0, 0.05) is 5.56 Å². The van der Waals surface area contributed by atoms with Crippen molar-refractivity contribution in [2.24, 2.45) is 0 Å². The number of rotatable bonds is 4. The molecule has 18 heavy (non-hydrogen) atoms. The molecule has 2 aromatic rings. The van der Waals surface area contributed by atoms with Gasteiger partial charge in [0.15, 0.2) is 0 Å². The van der Waals surface area contributed by atoms with Crippen molar-refractivity contribution in [1.82, 2.24) is 0 Å². The van der Waals surface area contributed by atoms with Gasteiger partial charge in [-0.2, -0.15) is 0 Å². The summed E-state index contributed by atoms with van der Waals surface area (Å²) in [7, 11) is 1.55. The van der Waals surface area contributed by atoms with Gasteiger partial charge >= 0.3 is 5.97 Å². The molecule has 0 radical (unpaired) electrons. The number of carboxylic acids is 1. The minimum absolute atomic E-state index is 0.0474. The third-order valence-corrected chi connectivity index (χ3v) is 2.77. The first kappa shape index (κ1) is 12.2. The fraction of sp³-hybridized carbons (Fsp3) is 0.133. The Bertz CT molecular complexity index is 547. The average molecular weight is 242 g/mol. The Labute approximate surface area is 106 Å². The molecule has 0 spiro atoms. The van der Waals surface area contributed by atoms with E-state index in [9.17, 15) is 4.79 Å². The summed E-state index contributed by atoms with van der Waals surface area (Å²) in [5, 5.41) is 9.00. The van der Waals surface area contributed by atoms with E-state index in [0.29, 0.717) is 11.3 Å². The predicted octanol–water partition coefficient (Wildman–Crippen LogP) is 2.99. The number of hydrogen-bond acceptors (Lipinski definition) is 2. The SMILES string of the molecule is COc1cccc(-c2ccccc2)c1CC(=O)O. The summed E-state index contributed by atoms with van der Waals surface area (Å²) in [6, 6.07) is 15.3. The van der Waals surface area contributed by atoms with E-state index in [-0.39, 0.29) is 6.42 Å². The second-order valence-corrected chi connectivity index (χ2v) is 3.92. The van der Waals surface area contributed by atoms with Crippen LogP contribution in [0.3, 0.4) is 0 Å². The summed E-state index contributed by atoms with van der Waals surface area (Å²) in [6.07, 6.45) is -0.0474. The molecule has 92 valence electrons. The van der Waals surface area contributed by atoms with E-state index in [1.165, 1.54) is 0 Å². The molecule has 0 saturated heterocycles. The number of methoxy groups -OCH3 is 1. The fourth-order valence-corrected chi connectivity index (χ4v) is 1.98. The molecule has 0 unspecified atom stereocenters. The molecular formula is C15H14O3. The number of carboxylic acid groups (broad SMARTS) is 1. The van der Waals surface area contributed by atoms with Crippen molar-refractivity contribution in [3.63, 3.8) is 0 Å². The van der Waals surface area contributed by atoms with E-state index < -0.39 is 5.97 Å². The molecule has 0 bridgehead atoms. The Kier molecular flexibility index (Phi) is 3.63. The van der Waals surface area contributed by atoms with Crippen molar-refractivity contribution < 1.29 is 14.6 Å². The maximum absolute atomic E-state index is 11.0. The molecule has 0 fully saturated rings. The second kappa shape index (κ2) is 5.36. The van der Waals surface area contributed by atoms with Crippen LogP contribution in [-0.4, -0.2) is 18.2 Å². The highest BCUT2D eigenvalue weighted by molar-refractivity contribution is 5.78. The third-order valence-electron chi connectivity index (χ3n) is 2.77. The van der Waals surface area contributed by atoms with Crippen LogP contribution in [0.1, 0.15) is 5.56 Å². The minimum atomic E-state index is -0.864. The number of ether oxygens (including phenoxy) is 1. The second-order valence-electron chi connectivity index (χ2n) is 3.92. The maximum atomic E-state index is 11.0. The topological polar surface area (TPSA) is 46.5 Å². The summed E-state index contributed by atoms with van der Waals surface area (Å²) in [5.74, 6) is -0.254. The molecule has 3 heteroatoms. The fourth-order valence-electron chi connectivity index (χ4n) is 1.98. The molecule has 1 N–H and O–H groups in total. The molecule has 2 rings (SSSR count). The van der Waals surface area contributed by atoms with Crippen LogP contribution >= 0.6 is 0 Å². The van der Waals surface area contributed by atoms with E-state index in [4.69, 9.17) is 9.84 Å². The number of hydrogen-bond donors (Lipinski definition) is 1. The number of aliphatic carboxylic acids is 1. The molecular weight excluding hydrogens is 228 g/mol. The normalized spacial score (nSPS) is 10.1. The first-order chi connectivity index (χ1) is 8.72. The predicted molar refractivity (Wildman–Crippen MR) is 69.8 cm³/mol. The standard InChI is InChI=1S/C15H14O3/c1-18-14-9-5-8-12(13(14)10-15(16)17)11-6-3-2-4-7-11/h2-9H,10H2,1H3,(H,16,17). The van der Waals surface area contributed by atoms with Crippen LogP contribution < -0.4 is 4.74 Å². The highest BCUT2D eigenvalue weighted by Gasteiger charge is 2.13. The Morgan fingerprint density at radius 1 is 1.11 bits per heavy atom. The molecule has 2 aromatic carbocycles. The number of carbonyl (C=O) groups is 1. The van der Waals surface area contributed by atoms with E-state index in [0.717, 1.165) is 11.1 Å². The lowest BCUT2D eigenvalue weighted by Crippen LogP contribution is -2.04. The molecule has 3 nitrogen and oxygen atoms in total. The van der Waals surface area contributed by atoms with Crippen molar-refractivity contribution >= 4 is 5.97 Å². The molecule has 0 heterocycles. The molecule has 0 aliphatic carbocycles. The zero-order valence-corrected chi connectivity index (χ0v) is 10.1. The lowest BCUT2D eigenvalue weighted by molar-refractivity contribution is -0.136. The molecule has 0 aliphatic heterocycles. The molecule has 0 saturated carbocycles. The Hall–Kier alpha value is -2.29. The van der Waals surface area contributed by atoms with Crippen LogP contribution in [0, 0.1) is 0 Å². The van der Waals surface area contributed by atoms with Crippen LogP contribution in [0.5, 0.6) is 5.75 Å². The van der Waals surface area contributed by atoms with Crippen molar-refractivity contribution in [2.75, 3.05) is 7.11 Å². The smallest absolute Gasteiger partial charge is 0.307 e. The Morgan fingerprint density at radius 3 is 2.44 bits per heavy atom. The first-order valence-electron chi connectivity index (χ1n) is 5.65. The monoisotopic (exact) mass is 242 g/mol. The van der Waals surface area contributed by atoms with E-state index in [1.807, 2.05) is 42.5 Å². The van der Waals surface area contributed by atoms with Crippen molar-refractivity contribution in [3.05, 3.63) is 54.1 Å². The summed E-state index contributed by atoms with van der Waals surface area (Å²) < 4.78 is 5.25. The van der Waals surface area contributed by atoms with E-state index in [1.54, 1.807) is 13.2 Å². The zero-order valence-electron chi connectivity index (χ0n) is 10.1. The average Bonchev–Trinajstić information content (AvgIpc) is 2.39. The quantitative estimate of drug-likeness (QED) is 0.896. The van der Waals surface area contributed by atoms with Crippen molar-refractivity contribution in [1.29, 1.82) is 0 Å². The van der Waals surface area contributed by atoms with Gasteiger partial charge in [-0.05, 0) is 17.2 Å². The maximum Gasteiger partial charge on any atom is 0.307 e. The van der Waals surface area contributed by atoms with Gasteiger partial charge < -0.3 is 9.84 Å². The van der Waals surface area contributed by atoms with Gasteiger partial charge in [0.25, 0.3) is 0 Å². The summed E-state index contributed by atoms with van der Waals surface area (Å²) >= 11 is 0. The highest BCUT2D eigenvalue weighted by Crippen LogP contribution is 2.30. The van der Waals surface area contributed by atoms with Gasteiger partial charge in [0.2, 0.25) is 0 Å². The molecule has 0 atom stereocenters. The van der Waals surface area contributed by atoms with Crippen LogP contribution in [0.2, 0.25) is 0 Å². The Morgan fingerprint density at radius 2 is 1.83 bits per heavy atom. The van der Waals surface area contributed by atoms with Gasteiger partial charge in [-0.1, -0.05) is 42.5 Å². The summed E-state index contributed by atoms with van der Waals surface area (Å²) in [6.45, 7) is 0. The van der Waals surface area contributed by atoms with Crippen LogP contribution in [0.25, 0.3) is 11.1 Å². The van der Waals surface area contributed by atoms with Crippen LogP contribution in [-0.2, 0) is 11.2 Å². The largest absolute Gasteiger partial charge is 0.496 e. The van der Waals surface area contributed by atoms with E-state index >= 15 is 0 Å². The van der Waals surface area contributed by atoms with Gasteiger partial charge in [-0.25, -0.2) is 0 Å². The lowest BCUT2D eigenvalue weighted by atomic mass is 9.97. The van der Waals surface area contributed by atoms with Crippen LogP contribution in [0.4, 0.5) is 0 Å². The molecule has 0 amide bonds. The first-order valence-corrected chi connectivity index (χ1v) is 5.65. The highest BCUT2D eigenvalue weighted by atomic mass is 16.5. The Balaban J connectivity index is 2.56. The minimum Gasteiger partial charge on any atom is -0.496 e. The summed E-state index contributed by atoms with van der Waals surface area (Å²) in [5.41, 5.74) is 2.60. The lowest BCUT2D eigenvalue weighted by Gasteiger charge is -2.12. The zero-order chi connectivity index (χ0) is 13.0. The molecule has 0 aliphatic rings. The van der Waals surface area contributed by atoms with Crippen molar-refractivity contribution in [2.45, 2.75) is 6.42 Å². The van der Waals surface area contributed by atoms with Crippen LogP contribution in [0.15, 0.2) is 48.5 Å². The van der Waals surface area contributed by atoms with Gasteiger partial charge in [-0.15, -0.1) is 0 Å². The molecule has 0 aromatic heterocycles. The third kappa shape index (κ3) is 2.51. The summed E-state index contributed by atoms with van der Waals surface area (Å²) in [4.78, 5) is 11.0. The van der Waals surface area contributed by atoms with Crippen molar-refractivity contribution in [3.8, 4) is 16.9 Å². The van der Waals surface area contributed by atoms with Gasteiger partial charge in [0.05, 0.1) is 13.5 Å². The van der Waals surface area contributed by atoms with Gasteiger partial charge in [-0.3, -0.25) is 4.79 Å².